The highest BCUT2D eigenvalue weighted by molar-refractivity contribution is 7.91. The molecule has 17 heavy (non-hydrogen) atoms. The average Bonchev–Trinajstić information content (AvgIpc) is 2.14. The van der Waals surface area contributed by atoms with E-state index in [1.807, 2.05) is 0 Å². The van der Waals surface area contributed by atoms with Gasteiger partial charge < -0.3 is 5.11 Å². The van der Waals surface area contributed by atoms with Crippen LogP contribution in [0, 0.1) is 0 Å². The summed E-state index contributed by atoms with van der Waals surface area (Å²) in [4.78, 5) is 9.89. The van der Waals surface area contributed by atoms with Gasteiger partial charge in [-0.25, -0.2) is 13.2 Å². The van der Waals surface area contributed by atoms with Crippen LogP contribution >= 0.6 is 0 Å². The lowest BCUT2D eigenvalue weighted by Gasteiger charge is -2.08. The Kier molecular flexibility index (Phi) is 3.46. The van der Waals surface area contributed by atoms with Crippen LogP contribution < -0.4 is 0 Å². The maximum absolute atomic E-state index is 12.0. The summed E-state index contributed by atoms with van der Waals surface area (Å²) in [6.45, 7) is 0. The zero-order valence-corrected chi connectivity index (χ0v) is 9.05. The summed E-state index contributed by atoms with van der Waals surface area (Å²) in [6, 6.07) is 3.79. The SMILES string of the molecule is O=C(O)c1cccc(S(=O)(=O)CC(F)(F)F)c1. The number of carbonyl (C=O) groups is 1. The molecule has 0 amide bonds. The Morgan fingerprint density at radius 1 is 1.29 bits per heavy atom. The van der Waals surface area contributed by atoms with Gasteiger partial charge in [-0.05, 0) is 18.2 Å². The van der Waals surface area contributed by atoms with Gasteiger partial charge in [0.1, 0.15) is 0 Å². The minimum Gasteiger partial charge on any atom is -0.478 e. The highest BCUT2D eigenvalue weighted by Crippen LogP contribution is 2.22. The highest BCUT2D eigenvalue weighted by atomic mass is 32.2. The molecule has 94 valence electrons. The third kappa shape index (κ3) is 3.74. The molecule has 0 heterocycles. The molecule has 0 aromatic heterocycles. The van der Waals surface area contributed by atoms with Gasteiger partial charge in [0, 0.05) is 0 Å². The van der Waals surface area contributed by atoms with E-state index in [1.165, 1.54) is 0 Å². The summed E-state index contributed by atoms with van der Waals surface area (Å²) in [5.41, 5.74) is -0.381. The van der Waals surface area contributed by atoms with Gasteiger partial charge >= 0.3 is 12.1 Å². The number of alkyl halides is 3. The molecule has 0 bridgehead atoms. The second kappa shape index (κ2) is 4.36. The monoisotopic (exact) mass is 268 g/mol. The van der Waals surface area contributed by atoms with Crippen molar-refractivity contribution in [1.82, 2.24) is 0 Å². The van der Waals surface area contributed by atoms with Crippen molar-refractivity contribution in [1.29, 1.82) is 0 Å². The quantitative estimate of drug-likeness (QED) is 0.906. The first-order valence-electron chi connectivity index (χ1n) is 4.25. The van der Waals surface area contributed by atoms with Crippen molar-refractivity contribution in [3.05, 3.63) is 29.8 Å². The predicted molar refractivity (Wildman–Crippen MR) is 51.5 cm³/mol. The van der Waals surface area contributed by atoms with Gasteiger partial charge in [0.05, 0.1) is 10.5 Å². The number of carboxylic acids is 1. The lowest BCUT2D eigenvalue weighted by Crippen LogP contribution is -2.23. The van der Waals surface area contributed by atoms with Gasteiger partial charge in [-0.15, -0.1) is 0 Å². The molecule has 0 saturated heterocycles. The van der Waals surface area contributed by atoms with Crippen molar-refractivity contribution in [3.8, 4) is 0 Å². The van der Waals surface area contributed by atoms with E-state index in [4.69, 9.17) is 5.11 Å². The number of sulfone groups is 1. The first kappa shape index (κ1) is 13.5. The van der Waals surface area contributed by atoms with Gasteiger partial charge in [0.2, 0.25) is 0 Å². The molecule has 8 heteroatoms. The van der Waals surface area contributed by atoms with E-state index in [1.54, 1.807) is 0 Å². The molecular weight excluding hydrogens is 261 g/mol. The molecule has 0 radical (unpaired) electrons. The van der Waals surface area contributed by atoms with E-state index >= 15 is 0 Å². The van der Waals surface area contributed by atoms with Crippen molar-refractivity contribution in [3.63, 3.8) is 0 Å². The van der Waals surface area contributed by atoms with Gasteiger partial charge in [0.15, 0.2) is 15.6 Å². The van der Waals surface area contributed by atoms with E-state index in [0.717, 1.165) is 18.2 Å². The van der Waals surface area contributed by atoms with Crippen LogP contribution in [0.4, 0.5) is 13.2 Å². The highest BCUT2D eigenvalue weighted by Gasteiger charge is 2.36. The smallest absolute Gasteiger partial charge is 0.403 e. The van der Waals surface area contributed by atoms with Crippen LogP contribution in [0.25, 0.3) is 0 Å². The number of aromatic carboxylic acids is 1. The Labute approximate surface area is 94.6 Å². The number of hydrogen-bond acceptors (Lipinski definition) is 3. The summed E-state index contributed by atoms with van der Waals surface area (Å²) in [7, 11) is -4.56. The van der Waals surface area contributed by atoms with E-state index in [2.05, 4.69) is 0 Å². The maximum Gasteiger partial charge on any atom is 0.403 e. The maximum atomic E-state index is 12.0. The lowest BCUT2D eigenvalue weighted by atomic mass is 10.2. The normalized spacial score (nSPS) is 12.4. The van der Waals surface area contributed by atoms with Gasteiger partial charge in [-0.3, -0.25) is 0 Å². The average molecular weight is 268 g/mol. The number of rotatable bonds is 3. The summed E-state index contributed by atoms with van der Waals surface area (Å²) in [5.74, 6) is -3.42. The first-order valence-corrected chi connectivity index (χ1v) is 5.90. The molecule has 4 nitrogen and oxygen atoms in total. The fourth-order valence-corrected chi connectivity index (χ4v) is 2.31. The molecule has 0 saturated carbocycles. The molecule has 0 aliphatic carbocycles. The van der Waals surface area contributed by atoms with Gasteiger partial charge in [-0.1, -0.05) is 6.07 Å². The van der Waals surface area contributed by atoms with Gasteiger partial charge in [0.25, 0.3) is 0 Å². The van der Waals surface area contributed by atoms with Crippen LogP contribution in [0.1, 0.15) is 10.4 Å². The third-order valence-corrected chi connectivity index (χ3v) is 3.47. The molecule has 0 fully saturated rings. The molecule has 1 N–H and O–H groups in total. The standard InChI is InChI=1S/C9H7F3O4S/c10-9(11,12)5-17(15,16)7-3-1-2-6(4-7)8(13)14/h1-4H,5H2,(H,13,14). The Bertz CT molecular complexity index is 533. The Morgan fingerprint density at radius 3 is 2.35 bits per heavy atom. The summed E-state index contributed by atoms with van der Waals surface area (Å²) in [6.07, 6.45) is -4.86. The van der Waals surface area contributed by atoms with E-state index in [0.29, 0.717) is 6.07 Å². The fourth-order valence-electron chi connectivity index (χ4n) is 1.12. The number of benzene rings is 1. The Morgan fingerprint density at radius 2 is 1.88 bits per heavy atom. The summed E-state index contributed by atoms with van der Waals surface area (Å²) in [5, 5.41) is 8.59. The largest absolute Gasteiger partial charge is 0.478 e. The number of halogens is 3. The molecule has 0 aliphatic heterocycles. The molecule has 0 atom stereocenters. The second-order valence-corrected chi connectivity index (χ2v) is 5.20. The van der Waals surface area contributed by atoms with Crippen molar-refractivity contribution in [2.75, 3.05) is 5.75 Å². The van der Waals surface area contributed by atoms with E-state index < -0.39 is 32.6 Å². The van der Waals surface area contributed by atoms with Crippen LogP contribution in [0.5, 0.6) is 0 Å². The topological polar surface area (TPSA) is 71.4 Å². The zero-order chi connectivity index (χ0) is 13.3. The van der Waals surface area contributed by atoms with Crippen molar-refractivity contribution in [2.24, 2.45) is 0 Å². The van der Waals surface area contributed by atoms with Crippen molar-refractivity contribution < 1.29 is 31.5 Å². The Balaban J connectivity index is 3.16. The van der Waals surface area contributed by atoms with Crippen LogP contribution in [-0.4, -0.2) is 31.4 Å². The molecule has 0 spiro atoms. The summed E-state index contributed by atoms with van der Waals surface area (Å²) < 4.78 is 58.6. The van der Waals surface area contributed by atoms with Crippen LogP contribution in [-0.2, 0) is 9.84 Å². The third-order valence-electron chi connectivity index (χ3n) is 1.79. The molecule has 0 aliphatic rings. The minimum absolute atomic E-state index is 0.381. The number of hydrogen-bond donors (Lipinski definition) is 1. The number of carboxylic acid groups (broad SMARTS) is 1. The van der Waals surface area contributed by atoms with E-state index in [9.17, 15) is 26.4 Å². The Hall–Kier alpha value is -1.57. The zero-order valence-electron chi connectivity index (χ0n) is 8.23. The van der Waals surface area contributed by atoms with Crippen LogP contribution in [0.3, 0.4) is 0 Å². The molecule has 1 aromatic rings. The van der Waals surface area contributed by atoms with E-state index in [-0.39, 0.29) is 5.56 Å². The second-order valence-electron chi connectivity index (χ2n) is 3.21. The molecule has 1 rings (SSSR count). The predicted octanol–water partition coefficient (Wildman–Crippen LogP) is 1.72. The minimum atomic E-state index is -4.86. The first-order chi connectivity index (χ1) is 7.62. The van der Waals surface area contributed by atoms with Crippen molar-refractivity contribution in [2.45, 2.75) is 11.1 Å². The lowest BCUT2D eigenvalue weighted by molar-refractivity contribution is -0.106. The summed E-state index contributed by atoms with van der Waals surface area (Å²) >= 11 is 0. The molecule has 1 aromatic carbocycles. The molecule has 0 unspecified atom stereocenters. The van der Waals surface area contributed by atoms with Crippen LogP contribution in [0.15, 0.2) is 29.2 Å². The fraction of sp³-hybridized carbons (Fsp3) is 0.222. The van der Waals surface area contributed by atoms with Crippen molar-refractivity contribution >= 4 is 15.8 Å². The van der Waals surface area contributed by atoms with Gasteiger partial charge in [-0.2, -0.15) is 13.2 Å². The molecular formula is C9H7F3O4S. The van der Waals surface area contributed by atoms with Crippen LogP contribution in [0.2, 0.25) is 0 Å².